The van der Waals surface area contributed by atoms with E-state index < -0.39 is 0 Å². The number of rotatable bonds is 2. The molecule has 3 aromatic carbocycles. The van der Waals surface area contributed by atoms with Crippen LogP contribution in [-0.2, 0) is 0 Å². The van der Waals surface area contributed by atoms with Crippen molar-refractivity contribution in [2.24, 2.45) is 0 Å². The summed E-state index contributed by atoms with van der Waals surface area (Å²) in [6.45, 7) is 0.795. The number of nitrogens with zero attached hydrogens (tertiary/aromatic N) is 4. The second-order valence-electron chi connectivity index (χ2n) is 7.51. The lowest BCUT2D eigenvalue weighted by Crippen LogP contribution is -2.24. The van der Waals surface area contributed by atoms with E-state index in [1.807, 2.05) is 12.3 Å². The summed E-state index contributed by atoms with van der Waals surface area (Å²) >= 11 is 0. The van der Waals surface area contributed by atoms with E-state index in [-0.39, 0.29) is 0 Å². The molecule has 0 amide bonds. The van der Waals surface area contributed by atoms with Gasteiger partial charge in [0.2, 0.25) is 0 Å². The molecule has 140 valence electrons. The van der Waals surface area contributed by atoms with Crippen molar-refractivity contribution in [1.82, 2.24) is 9.55 Å². The Labute approximate surface area is 169 Å². The fourth-order valence-corrected chi connectivity index (χ4v) is 4.41. The fourth-order valence-electron chi connectivity index (χ4n) is 4.41. The lowest BCUT2D eigenvalue weighted by atomic mass is 10.2. The average molecular weight is 376 g/mol. The summed E-state index contributed by atoms with van der Waals surface area (Å²) in [5.41, 5.74) is 5.80. The predicted octanol–water partition coefficient (Wildman–Crippen LogP) is 5.72. The van der Waals surface area contributed by atoms with Gasteiger partial charge >= 0.3 is 0 Å². The third-order valence-corrected chi connectivity index (χ3v) is 5.76. The van der Waals surface area contributed by atoms with Crippen LogP contribution >= 0.6 is 0 Å². The first-order valence-corrected chi connectivity index (χ1v) is 9.83. The number of anilines is 3. The second-order valence-corrected chi connectivity index (χ2v) is 7.51. The lowest BCUT2D eigenvalue weighted by molar-refractivity contribution is 0.944. The van der Waals surface area contributed by atoms with E-state index in [0.29, 0.717) is 0 Å². The highest BCUT2D eigenvalue weighted by Crippen LogP contribution is 2.40. The molecule has 0 spiro atoms. The quantitative estimate of drug-likeness (QED) is 0.394. The minimum absolute atomic E-state index is 0.795. The predicted molar refractivity (Wildman–Crippen MR) is 120 cm³/mol. The number of fused-ring (bicyclic) bond motifs is 4. The Morgan fingerprint density at radius 3 is 2.03 bits per heavy atom. The highest BCUT2D eigenvalue weighted by molar-refractivity contribution is 6.09. The minimum atomic E-state index is 0.795. The first kappa shape index (κ1) is 16.2. The van der Waals surface area contributed by atoms with Crippen molar-refractivity contribution in [3.8, 4) is 5.69 Å². The molecular weight excluding hydrogens is 356 g/mol. The van der Waals surface area contributed by atoms with Crippen LogP contribution in [0, 0.1) is 0 Å². The summed E-state index contributed by atoms with van der Waals surface area (Å²) in [5, 5.41) is 2.53. The van der Waals surface area contributed by atoms with Gasteiger partial charge in [0.05, 0.1) is 35.3 Å². The van der Waals surface area contributed by atoms with Crippen molar-refractivity contribution in [2.45, 2.75) is 0 Å². The summed E-state index contributed by atoms with van der Waals surface area (Å²) in [6, 6.07) is 29.9. The lowest BCUT2D eigenvalue weighted by Gasteiger charge is -2.18. The second kappa shape index (κ2) is 6.11. The molecule has 0 saturated carbocycles. The Morgan fingerprint density at radius 1 is 0.724 bits per heavy atom. The average Bonchev–Trinajstić information content (AvgIpc) is 3.29. The zero-order chi connectivity index (χ0) is 19.4. The molecule has 1 aliphatic heterocycles. The maximum Gasteiger partial charge on any atom is 0.158 e. The Hall–Kier alpha value is -3.79. The zero-order valence-electron chi connectivity index (χ0n) is 16.2. The minimum Gasteiger partial charge on any atom is -0.353 e. The molecule has 0 saturated heterocycles. The van der Waals surface area contributed by atoms with E-state index in [1.54, 1.807) is 0 Å². The van der Waals surface area contributed by atoms with Crippen molar-refractivity contribution in [3.63, 3.8) is 0 Å². The van der Waals surface area contributed by atoms with Gasteiger partial charge in [-0.2, -0.15) is 0 Å². The molecule has 0 atom stereocenters. The monoisotopic (exact) mass is 376 g/mol. The molecule has 1 aliphatic rings. The van der Waals surface area contributed by atoms with Crippen LogP contribution in [0.15, 0.2) is 91.1 Å². The van der Waals surface area contributed by atoms with Gasteiger partial charge < -0.3 is 14.4 Å². The standard InChI is InChI=1S/C25H20N4/c1-27-17-28(18-9-3-2-4-10-18)25-24(27)15-19(16-26-25)29-22-13-7-5-11-20(22)21-12-6-8-14-23(21)29/h2-16H,17H2,1H3. The molecule has 6 rings (SSSR count). The molecule has 5 aromatic rings. The van der Waals surface area contributed by atoms with Crippen LogP contribution in [0.4, 0.5) is 17.2 Å². The summed E-state index contributed by atoms with van der Waals surface area (Å²) in [5.74, 6) is 1.00. The van der Waals surface area contributed by atoms with Crippen LogP contribution < -0.4 is 9.80 Å². The topological polar surface area (TPSA) is 24.3 Å². The maximum atomic E-state index is 4.90. The molecule has 0 aliphatic carbocycles. The Morgan fingerprint density at radius 2 is 1.34 bits per heavy atom. The molecule has 4 nitrogen and oxygen atoms in total. The first-order valence-electron chi connectivity index (χ1n) is 9.83. The summed E-state index contributed by atoms with van der Waals surface area (Å²) in [7, 11) is 2.12. The fraction of sp³-hybridized carbons (Fsp3) is 0.0800. The molecule has 29 heavy (non-hydrogen) atoms. The Bertz CT molecular complexity index is 1300. The molecular formula is C25H20N4. The van der Waals surface area contributed by atoms with Crippen LogP contribution in [0.1, 0.15) is 0 Å². The third kappa shape index (κ3) is 2.36. The van der Waals surface area contributed by atoms with Crippen LogP contribution in [0.25, 0.3) is 27.5 Å². The van der Waals surface area contributed by atoms with Crippen molar-refractivity contribution >= 4 is 39.0 Å². The van der Waals surface area contributed by atoms with Crippen LogP contribution in [-0.4, -0.2) is 23.3 Å². The number of hydrogen-bond acceptors (Lipinski definition) is 3. The first-order chi connectivity index (χ1) is 14.3. The molecule has 4 heteroatoms. The largest absolute Gasteiger partial charge is 0.353 e. The van der Waals surface area contributed by atoms with Crippen LogP contribution in [0.3, 0.4) is 0 Å². The Balaban J connectivity index is 1.56. The van der Waals surface area contributed by atoms with Gasteiger partial charge in [0.15, 0.2) is 5.82 Å². The highest BCUT2D eigenvalue weighted by atomic mass is 15.4. The SMILES string of the molecule is CN1CN(c2ccccc2)c2ncc(-n3c4ccccc4c4ccccc43)cc21. The van der Waals surface area contributed by atoms with Gasteiger partial charge in [-0.05, 0) is 30.3 Å². The molecule has 0 unspecified atom stereocenters. The number of benzene rings is 3. The van der Waals surface area contributed by atoms with Gasteiger partial charge in [0, 0.05) is 23.5 Å². The van der Waals surface area contributed by atoms with Gasteiger partial charge in [-0.25, -0.2) is 4.98 Å². The summed E-state index contributed by atoms with van der Waals surface area (Å²) in [4.78, 5) is 9.41. The van der Waals surface area contributed by atoms with E-state index in [2.05, 4.69) is 100 Å². The summed E-state index contributed by atoms with van der Waals surface area (Å²) in [6.07, 6.45) is 1.99. The van der Waals surface area contributed by atoms with E-state index in [9.17, 15) is 0 Å². The molecule has 2 aromatic heterocycles. The number of para-hydroxylation sites is 3. The smallest absolute Gasteiger partial charge is 0.158 e. The third-order valence-electron chi connectivity index (χ3n) is 5.76. The van der Waals surface area contributed by atoms with Crippen molar-refractivity contribution in [1.29, 1.82) is 0 Å². The van der Waals surface area contributed by atoms with Crippen molar-refractivity contribution < 1.29 is 0 Å². The number of pyridine rings is 1. The van der Waals surface area contributed by atoms with E-state index in [4.69, 9.17) is 4.98 Å². The summed E-state index contributed by atoms with van der Waals surface area (Å²) < 4.78 is 2.32. The Kier molecular flexibility index (Phi) is 3.41. The van der Waals surface area contributed by atoms with Gasteiger partial charge in [0.25, 0.3) is 0 Å². The maximum absolute atomic E-state index is 4.90. The zero-order valence-corrected chi connectivity index (χ0v) is 16.2. The van der Waals surface area contributed by atoms with E-state index in [0.717, 1.165) is 29.5 Å². The van der Waals surface area contributed by atoms with Crippen molar-refractivity contribution in [3.05, 3.63) is 91.1 Å². The molecule has 0 radical (unpaired) electrons. The van der Waals surface area contributed by atoms with Gasteiger partial charge in [0.1, 0.15) is 0 Å². The van der Waals surface area contributed by atoms with E-state index >= 15 is 0 Å². The van der Waals surface area contributed by atoms with Gasteiger partial charge in [-0.3, -0.25) is 0 Å². The number of aromatic nitrogens is 2. The molecule has 0 fully saturated rings. The molecule has 3 heterocycles. The number of hydrogen-bond donors (Lipinski definition) is 0. The molecule has 0 bridgehead atoms. The van der Waals surface area contributed by atoms with Crippen LogP contribution in [0.2, 0.25) is 0 Å². The van der Waals surface area contributed by atoms with E-state index in [1.165, 1.54) is 21.8 Å². The van der Waals surface area contributed by atoms with Crippen LogP contribution in [0.5, 0.6) is 0 Å². The highest BCUT2D eigenvalue weighted by Gasteiger charge is 2.27. The van der Waals surface area contributed by atoms with Gasteiger partial charge in [-0.1, -0.05) is 54.6 Å². The molecule has 0 N–H and O–H groups in total. The van der Waals surface area contributed by atoms with Crippen molar-refractivity contribution in [2.75, 3.05) is 23.5 Å². The van der Waals surface area contributed by atoms with Gasteiger partial charge in [-0.15, -0.1) is 0 Å². The normalized spacial score (nSPS) is 13.4.